The lowest BCUT2D eigenvalue weighted by molar-refractivity contribution is 0.0694. The number of carboxylic acid groups (broad SMARTS) is 1. The number of rotatable bonds is 8. The van der Waals surface area contributed by atoms with Gasteiger partial charge in [-0.3, -0.25) is 0 Å². The van der Waals surface area contributed by atoms with Crippen LogP contribution in [0.15, 0.2) is 41.0 Å². The van der Waals surface area contributed by atoms with Gasteiger partial charge in [-0.2, -0.15) is 0 Å². The van der Waals surface area contributed by atoms with Gasteiger partial charge in [-0.15, -0.1) is 0 Å². The molecule has 28 heavy (non-hydrogen) atoms. The molecule has 3 rings (SSSR count). The van der Waals surface area contributed by atoms with Crippen LogP contribution >= 0.6 is 11.6 Å². The monoisotopic (exact) mass is 404 g/mol. The summed E-state index contributed by atoms with van der Waals surface area (Å²) in [6, 6.07) is 7.98. The third-order valence-corrected chi connectivity index (χ3v) is 5.25. The SMILES string of the molecule is Cc1c(CNCCc2ccco2)c(C(=O)O)c(C)n1Cc1ccc(F)cc1Cl. The molecular weight excluding hydrogens is 383 g/mol. The first-order valence-electron chi connectivity index (χ1n) is 8.97. The number of furan rings is 1. The van der Waals surface area contributed by atoms with Gasteiger partial charge in [0.2, 0.25) is 0 Å². The maximum atomic E-state index is 13.3. The van der Waals surface area contributed by atoms with E-state index in [1.165, 1.54) is 12.1 Å². The molecule has 0 saturated carbocycles. The molecule has 2 heterocycles. The molecule has 0 saturated heterocycles. The van der Waals surface area contributed by atoms with Crippen molar-refractivity contribution in [3.8, 4) is 0 Å². The molecule has 3 aromatic rings. The van der Waals surface area contributed by atoms with Gasteiger partial charge >= 0.3 is 5.97 Å². The summed E-state index contributed by atoms with van der Waals surface area (Å²) in [6.45, 7) is 5.14. The Kier molecular flexibility index (Phi) is 6.21. The van der Waals surface area contributed by atoms with E-state index >= 15 is 0 Å². The Hall–Kier alpha value is -2.57. The van der Waals surface area contributed by atoms with Crippen molar-refractivity contribution in [2.45, 2.75) is 33.4 Å². The summed E-state index contributed by atoms with van der Waals surface area (Å²) < 4.78 is 20.5. The quantitative estimate of drug-likeness (QED) is 0.540. The number of halogens is 2. The molecule has 0 aliphatic carbocycles. The number of aromatic nitrogens is 1. The molecule has 2 aromatic heterocycles. The number of benzene rings is 1. The van der Waals surface area contributed by atoms with Gasteiger partial charge in [-0.05, 0) is 43.7 Å². The van der Waals surface area contributed by atoms with E-state index in [0.29, 0.717) is 35.9 Å². The predicted octanol–water partition coefficient (Wildman–Crippen LogP) is 4.57. The molecular formula is C21H22ClFN2O3. The van der Waals surface area contributed by atoms with Crippen LogP contribution in [0.4, 0.5) is 4.39 Å². The van der Waals surface area contributed by atoms with Gasteiger partial charge in [-0.1, -0.05) is 17.7 Å². The molecule has 0 unspecified atom stereocenters. The fourth-order valence-corrected chi connectivity index (χ4v) is 3.61. The third kappa shape index (κ3) is 4.29. The molecule has 5 nitrogen and oxygen atoms in total. The second-order valence-corrected chi connectivity index (χ2v) is 7.06. The lowest BCUT2D eigenvalue weighted by Gasteiger charge is -2.12. The zero-order valence-electron chi connectivity index (χ0n) is 15.8. The topological polar surface area (TPSA) is 67.4 Å². The Morgan fingerprint density at radius 3 is 2.71 bits per heavy atom. The molecule has 0 aliphatic heterocycles. The van der Waals surface area contributed by atoms with Crippen LogP contribution in [0, 0.1) is 19.7 Å². The summed E-state index contributed by atoms with van der Waals surface area (Å²) in [6.07, 6.45) is 2.35. The average Bonchev–Trinajstić information content (AvgIpc) is 3.23. The van der Waals surface area contributed by atoms with Gasteiger partial charge in [-0.25, -0.2) is 9.18 Å². The normalized spacial score (nSPS) is 11.1. The van der Waals surface area contributed by atoms with Crippen molar-refractivity contribution in [3.63, 3.8) is 0 Å². The van der Waals surface area contributed by atoms with Gasteiger partial charge in [0.15, 0.2) is 0 Å². The van der Waals surface area contributed by atoms with Crippen LogP contribution < -0.4 is 5.32 Å². The number of carbonyl (C=O) groups is 1. The first-order chi connectivity index (χ1) is 13.4. The van der Waals surface area contributed by atoms with Crippen LogP contribution in [0.2, 0.25) is 5.02 Å². The number of carboxylic acids is 1. The molecule has 1 aromatic carbocycles. The first-order valence-corrected chi connectivity index (χ1v) is 9.35. The Morgan fingerprint density at radius 2 is 2.07 bits per heavy atom. The van der Waals surface area contributed by atoms with Crippen LogP contribution in [0.3, 0.4) is 0 Å². The molecule has 0 fully saturated rings. The van der Waals surface area contributed by atoms with Gasteiger partial charge < -0.3 is 19.4 Å². The lowest BCUT2D eigenvalue weighted by Crippen LogP contribution is -2.18. The average molecular weight is 405 g/mol. The van der Waals surface area contributed by atoms with Gasteiger partial charge in [0.05, 0.1) is 11.8 Å². The fourth-order valence-electron chi connectivity index (χ4n) is 3.39. The summed E-state index contributed by atoms with van der Waals surface area (Å²) in [5.41, 5.74) is 3.26. The van der Waals surface area contributed by atoms with Crippen molar-refractivity contribution < 1.29 is 18.7 Å². The molecule has 2 N–H and O–H groups in total. The summed E-state index contributed by atoms with van der Waals surface area (Å²) in [5, 5.41) is 13.3. The summed E-state index contributed by atoms with van der Waals surface area (Å²) >= 11 is 6.15. The smallest absolute Gasteiger partial charge is 0.337 e. The van der Waals surface area contributed by atoms with E-state index in [4.69, 9.17) is 16.0 Å². The molecule has 148 valence electrons. The summed E-state index contributed by atoms with van der Waals surface area (Å²) in [7, 11) is 0. The highest BCUT2D eigenvalue weighted by Crippen LogP contribution is 2.26. The zero-order chi connectivity index (χ0) is 20.3. The number of hydrogen-bond acceptors (Lipinski definition) is 3. The molecule has 0 radical (unpaired) electrons. The molecule has 7 heteroatoms. The highest BCUT2D eigenvalue weighted by molar-refractivity contribution is 6.31. The highest BCUT2D eigenvalue weighted by atomic mass is 35.5. The maximum Gasteiger partial charge on any atom is 0.337 e. The van der Waals surface area contributed by atoms with Gasteiger partial charge in [0.25, 0.3) is 0 Å². The number of nitrogens with zero attached hydrogens (tertiary/aromatic N) is 1. The number of aromatic carboxylic acids is 1. The van der Waals surface area contributed by atoms with E-state index in [1.54, 1.807) is 19.3 Å². The second kappa shape index (κ2) is 8.63. The first kappa shape index (κ1) is 20.2. The third-order valence-electron chi connectivity index (χ3n) is 4.90. The van der Waals surface area contributed by atoms with E-state index in [-0.39, 0.29) is 0 Å². The number of nitrogens with one attached hydrogen (secondary N) is 1. The molecule has 0 amide bonds. The van der Waals surface area contributed by atoms with Crippen molar-refractivity contribution in [2.75, 3.05) is 6.54 Å². The minimum Gasteiger partial charge on any atom is -0.478 e. The van der Waals surface area contributed by atoms with Crippen LogP contribution in [-0.2, 0) is 19.5 Å². The van der Waals surface area contributed by atoms with E-state index in [0.717, 1.165) is 29.0 Å². The number of hydrogen-bond donors (Lipinski definition) is 2. The van der Waals surface area contributed by atoms with Crippen LogP contribution in [-0.4, -0.2) is 22.2 Å². The predicted molar refractivity (Wildman–Crippen MR) is 105 cm³/mol. The maximum absolute atomic E-state index is 13.3. The van der Waals surface area contributed by atoms with E-state index in [2.05, 4.69) is 5.32 Å². The van der Waals surface area contributed by atoms with Crippen LogP contribution in [0.25, 0.3) is 0 Å². The minimum atomic E-state index is -0.965. The Balaban J connectivity index is 1.81. The van der Waals surface area contributed by atoms with Crippen molar-refractivity contribution in [1.82, 2.24) is 9.88 Å². The van der Waals surface area contributed by atoms with E-state index in [1.807, 2.05) is 23.6 Å². The summed E-state index contributed by atoms with van der Waals surface area (Å²) in [5.74, 6) is -0.489. The highest BCUT2D eigenvalue weighted by Gasteiger charge is 2.22. The molecule has 0 bridgehead atoms. The largest absolute Gasteiger partial charge is 0.478 e. The standard InChI is InChI=1S/C21H22ClFN2O3/c1-13-18(11-24-8-7-17-4-3-9-28-17)20(21(26)27)14(2)25(13)12-15-5-6-16(23)10-19(15)22/h3-6,9-10,24H,7-8,11-12H2,1-2H3,(H,26,27). The Morgan fingerprint density at radius 1 is 1.29 bits per heavy atom. The second-order valence-electron chi connectivity index (χ2n) is 6.66. The summed E-state index contributed by atoms with van der Waals surface area (Å²) in [4.78, 5) is 11.9. The van der Waals surface area contributed by atoms with Crippen LogP contribution in [0.5, 0.6) is 0 Å². The lowest BCUT2D eigenvalue weighted by atomic mass is 10.1. The van der Waals surface area contributed by atoms with Crippen molar-refractivity contribution in [3.05, 3.63) is 81.3 Å². The van der Waals surface area contributed by atoms with E-state index in [9.17, 15) is 14.3 Å². The van der Waals surface area contributed by atoms with Gasteiger partial charge in [0, 0.05) is 48.0 Å². The van der Waals surface area contributed by atoms with Gasteiger partial charge in [0.1, 0.15) is 11.6 Å². The zero-order valence-corrected chi connectivity index (χ0v) is 16.5. The van der Waals surface area contributed by atoms with Crippen molar-refractivity contribution >= 4 is 17.6 Å². The van der Waals surface area contributed by atoms with Crippen LogP contribution in [0.1, 0.15) is 38.6 Å². The Bertz CT molecular complexity index is 980. The van der Waals surface area contributed by atoms with Crippen molar-refractivity contribution in [1.29, 1.82) is 0 Å². The minimum absolute atomic E-state index is 0.293. The molecule has 0 spiro atoms. The van der Waals surface area contributed by atoms with Crippen molar-refractivity contribution in [2.24, 2.45) is 0 Å². The Labute approximate surface area is 167 Å². The molecule has 0 aliphatic rings. The fraction of sp³-hybridized carbons (Fsp3) is 0.286. The van der Waals surface area contributed by atoms with E-state index < -0.39 is 11.8 Å². The molecule has 0 atom stereocenters.